The number of aryl methyl sites for hydroxylation is 2. The highest BCUT2D eigenvalue weighted by molar-refractivity contribution is 7.12. The van der Waals surface area contributed by atoms with E-state index in [1.807, 2.05) is 20.9 Å². The molecule has 24 heavy (non-hydrogen) atoms. The minimum atomic E-state index is -0.677. The van der Waals surface area contributed by atoms with Crippen LogP contribution in [0.3, 0.4) is 0 Å². The number of imide groups is 1. The summed E-state index contributed by atoms with van der Waals surface area (Å²) < 4.78 is 6.53. The van der Waals surface area contributed by atoms with E-state index in [0.29, 0.717) is 4.88 Å². The lowest BCUT2D eigenvalue weighted by molar-refractivity contribution is -0.143. The van der Waals surface area contributed by atoms with Crippen LogP contribution in [0, 0.1) is 13.8 Å². The summed E-state index contributed by atoms with van der Waals surface area (Å²) in [6, 6.07) is 3.30. The van der Waals surface area contributed by atoms with Gasteiger partial charge in [0.05, 0.1) is 10.6 Å². The third kappa shape index (κ3) is 4.39. The molecule has 8 heteroatoms. The van der Waals surface area contributed by atoms with E-state index in [-0.39, 0.29) is 0 Å². The Balaban J connectivity index is 1.83. The average Bonchev–Trinajstić information content (AvgIpc) is 3.14. The van der Waals surface area contributed by atoms with Gasteiger partial charge in [0, 0.05) is 24.4 Å². The van der Waals surface area contributed by atoms with Crippen molar-refractivity contribution in [1.82, 2.24) is 15.1 Å². The van der Waals surface area contributed by atoms with Gasteiger partial charge in [0.15, 0.2) is 6.61 Å². The van der Waals surface area contributed by atoms with Crippen molar-refractivity contribution >= 4 is 35.2 Å². The molecule has 0 unspecified atom stereocenters. The summed E-state index contributed by atoms with van der Waals surface area (Å²) in [5, 5.41) is 8.11. The largest absolute Gasteiger partial charge is 0.452 e. The van der Waals surface area contributed by atoms with E-state index < -0.39 is 24.4 Å². The van der Waals surface area contributed by atoms with Crippen LogP contribution in [-0.4, -0.2) is 34.2 Å². The first-order valence-corrected chi connectivity index (χ1v) is 7.99. The molecule has 0 bridgehead atoms. The Hall–Kier alpha value is -2.74. The summed E-state index contributed by atoms with van der Waals surface area (Å²) >= 11 is 1.22. The molecule has 0 aliphatic carbocycles. The number of rotatable bonds is 5. The fourth-order valence-corrected chi connectivity index (χ4v) is 2.62. The summed E-state index contributed by atoms with van der Waals surface area (Å²) in [5.74, 6) is -1.86. The van der Waals surface area contributed by atoms with Gasteiger partial charge in [-0.2, -0.15) is 5.10 Å². The topological polar surface area (TPSA) is 90.3 Å². The van der Waals surface area contributed by atoms with Crippen LogP contribution >= 0.6 is 11.3 Å². The number of carbonyl (C=O) groups excluding carboxylic acids is 3. The van der Waals surface area contributed by atoms with Gasteiger partial charge in [0.2, 0.25) is 0 Å². The quantitative estimate of drug-likeness (QED) is 0.655. The van der Waals surface area contributed by atoms with Crippen molar-refractivity contribution in [1.29, 1.82) is 0 Å². The second-order valence-electron chi connectivity index (χ2n) is 5.00. The lowest BCUT2D eigenvalue weighted by atomic mass is 10.2. The molecule has 0 aliphatic heterocycles. The fourth-order valence-electron chi connectivity index (χ4n) is 2.00. The number of esters is 1. The molecule has 2 heterocycles. The van der Waals surface area contributed by atoms with E-state index in [4.69, 9.17) is 4.74 Å². The maximum atomic E-state index is 11.7. The summed E-state index contributed by atoms with van der Waals surface area (Å²) in [6.45, 7) is 3.20. The van der Waals surface area contributed by atoms with Crippen molar-refractivity contribution in [3.8, 4) is 0 Å². The minimum absolute atomic E-state index is 0.414. The normalized spacial score (nSPS) is 10.8. The van der Waals surface area contributed by atoms with Crippen molar-refractivity contribution < 1.29 is 19.1 Å². The van der Waals surface area contributed by atoms with Gasteiger partial charge in [-0.05, 0) is 31.4 Å². The van der Waals surface area contributed by atoms with Gasteiger partial charge in [-0.25, -0.2) is 4.79 Å². The smallest absolute Gasteiger partial charge is 0.331 e. The average molecular weight is 347 g/mol. The number of hydrogen-bond donors (Lipinski definition) is 1. The first kappa shape index (κ1) is 17.6. The number of nitrogens with zero attached hydrogens (tertiary/aromatic N) is 2. The molecule has 0 spiro atoms. The molecule has 1 N–H and O–H groups in total. The Labute approximate surface area is 142 Å². The number of aromatic nitrogens is 2. The Bertz CT molecular complexity index is 791. The molecule has 0 saturated heterocycles. The molecule has 2 aromatic rings. The van der Waals surface area contributed by atoms with E-state index in [0.717, 1.165) is 17.0 Å². The second kappa shape index (κ2) is 7.69. The number of nitrogens with one attached hydrogen (secondary N) is 1. The van der Waals surface area contributed by atoms with Crippen molar-refractivity contribution in [3.05, 3.63) is 45.4 Å². The van der Waals surface area contributed by atoms with Crippen LogP contribution in [0.4, 0.5) is 0 Å². The van der Waals surface area contributed by atoms with Crippen molar-refractivity contribution in [3.63, 3.8) is 0 Å². The van der Waals surface area contributed by atoms with Gasteiger partial charge in [-0.1, -0.05) is 6.07 Å². The summed E-state index contributed by atoms with van der Waals surface area (Å²) in [4.78, 5) is 35.3. The SMILES string of the molecule is Cc1nn(C)c(C)c1/C=C/C(=O)OCC(=O)NC(=O)c1cccs1. The highest BCUT2D eigenvalue weighted by atomic mass is 32.1. The van der Waals surface area contributed by atoms with Gasteiger partial charge in [0.25, 0.3) is 11.8 Å². The molecule has 0 aliphatic rings. The molecule has 0 fully saturated rings. The van der Waals surface area contributed by atoms with Gasteiger partial charge in [-0.15, -0.1) is 11.3 Å². The van der Waals surface area contributed by atoms with Crippen LogP contribution in [-0.2, 0) is 21.4 Å². The van der Waals surface area contributed by atoms with Gasteiger partial charge in [0.1, 0.15) is 0 Å². The standard InChI is InChI=1S/C16H17N3O4S/c1-10-12(11(2)19(3)18-10)6-7-15(21)23-9-14(20)17-16(22)13-5-4-8-24-13/h4-8H,9H2,1-3H3,(H,17,20,22)/b7-6+. The maximum absolute atomic E-state index is 11.7. The molecule has 0 radical (unpaired) electrons. The van der Waals surface area contributed by atoms with Crippen LogP contribution in [0.1, 0.15) is 26.6 Å². The molecule has 126 valence electrons. The summed E-state index contributed by atoms with van der Waals surface area (Å²) in [5.41, 5.74) is 2.53. The molecule has 0 saturated carbocycles. The van der Waals surface area contributed by atoms with E-state index in [2.05, 4.69) is 10.4 Å². The van der Waals surface area contributed by atoms with Gasteiger partial charge < -0.3 is 4.74 Å². The maximum Gasteiger partial charge on any atom is 0.331 e. The highest BCUT2D eigenvalue weighted by Gasteiger charge is 2.12. The van der Waals surface area contributed by atoms with Crippen LogP contribution in [0.15, 0.2) is 23.6 Å². The number of thiophene rings is 1. The predicted octanol–water partition coefficient (Wildman–Crippen LogP) is 1.61. The van der Waals surface area contributed by atoms with Crippen LogP contribution < -0.4 is 5.32 Å². The Kier molecular flexibility index (Phi) is 5.64. The zero-order valence-electron chi connectivity index (χ0n) is 13.5. The first-order valence-electron chi connectivity index (χ1n) is 7.11. The van der Waals surface area contributed by atoms with Crippen LogP contribution in [0.2, 0.25) is 0 Å². The number of hydrogen-bond acceptors (Lipinski definition) is 6. The van der Waals surface area contributed by atoms with E-state index in [1.165, 1.54) is 17.4 Å². The number of ether oxygens (including phenoxy) is 1. The molecule has 0 aromatic carbocycles. The predicted molar refractivity (Wildman–Crippen MR) is 89.5 cm³/mol. The molecule has 2 rings (SSSR count). The Morgan fingerprint density at radius 3 is 2.71 bits per heavy atom. The Morgan fingerprint density at radius 1 is 1.38 bits per heavy atom. The minimum Gasteiger partial charge on any atom is -0.452 e. The molecular formula is C16H17N3O4S. The van der Waals surface area contributed by atoms with Crippen molar-refractivity contribution in [2.45, 2.75) is 13.8 Å². The third-order valence-corrected chi connectivity index (χ3v) is 4.16. The van der Waals surface area contributed by atoms with Crippen molar-refractivity contribution in [2.75, 3.05) is 6.61 Å². The lowest BCUT2D eigenvalue weighted by Gasteiger charge is -2.03. The molecule has 2 amide bonds. The number of amides is 2. The van der Waals surface area contributed by atoms with E-state index >= 15 is 0 Å². The van der Waals surface area contributed by atoms with Crippen LogP contribution in [0.5, 0.6) is 0 Å². The van der Waals surface area contributed by atoms with E-state index in [1.54, 1.807) is 28.3 Å². The van der Waals surface area contributed by atoms with Gasteiger partial charge >= 0.3 is 5.97 Å². The number of carbonyl (C=O) groups is 3. The summed E-state index contributed by atoms with van der Waals surface area (Å²) in [6.07, 6.45) is 2.82. The Morgan fingerprint density at radius 2 is 2.12 bits per heavy atom. The molecule has 0 atom stereocenters. The molecular weight excluding hydrogens is 330 g/mol. The summed E-state index contributed by atoms with van der Waals surface area (Å²) in [7, 11) is 1.81. The monoisotopic (exact) mass is 347 g/mol. The zero-order chi connectivity index (χ0) is 17.7. The van der Waals surface area contributed by atoms with Crippen molar-refractivity contribution in [2.24, 2.45) is 7.05 Å². The van der Waals surface area contributed by atoms with E-state index in [9.17, 15) is 14.4 Å². The molecule has 7 nitrogen and oxygen atoms in total. The zero-order valence-corrected chi connectivity index (χ0v) is 14.3. The first-order chi connectivity index (χ1) is 11.4. The second-order valence-corrected chi connectivity index (χ2v) is 5.95. The molecule has 2 aromatic heterocycles. The third-order valence-electron chi connectivity index (χ3n) is 3.29. The fraction of sp³-hybridized carbons (Fsp3) is 0.250. The van der Waals surface area contributed by atoms with Crippen LogP contribution in [0.25, 0.3) is 6.08 Å². The highest BCUT2D eigenvalue weighted by Crippen LogP contribution is 2.13. The lowest BCUT2D eigenvalue weighted by Crippen LogP contribution is -2.33. The van der Waals surface area contributed by atoms with Gasteiger partial charge in [-0.3, -0.25) is 19.6 Å².